The van der Waals surface area contributed by atoms with E-state index in [0.717, 1.165) is 0 Å². The van der Waals surface area contributed by atoms with E-state index in [1.165, 1.54) is 25.1 Å². The number of carbonyl (C=O) groups is 2. The maximum atomic E-state index is 13.4. The summed E-state index contributed by atoms with van der Waals surface area (Å²) in [6.45, 7) is 1.35. The van der Waals surface area contributed by atoms with Crippen molar-refractivity contribution in [3.63, 3.8) is 0 Å². The number of anilines is 2. The van der Waals surface area contributed by atoms with Crippen molar-refractivity contribution in [2.24, 2.45) is 0 Å². The summed E-state index contributed by atoms with van der Waals surface area (Å²) in [6, 6.07) is 3.99. The largest absolute Gasteiger partial charge is 0.326 e. The molecule has 1 rings (SSSR count). The third-order valence-corrected chi connectivity index (χ3v) is 2.28. The Morgan fingerprint density at radius 2 is 2.06 bits per heavy atom. The quantitative estimate of drug-likeness (QED) is 0.840. The predicted molar refractivity (Wildman–Crippen MR) is 67.7 cm³/mol. The standard InChI is InChI=1S/C11H12BrFN2O2/c1-7(16)14-8-2-3-9(13)10(6-8)15-11(17)4-5-12/h2-3,6H,4-5H2,1H3,(H,14,16)(H,15,17). The number of nitrogens with one attached hydrogen (secondary N) is 2. The number of halogens is 2. The van der Waals surface area contributed by atoms with Gasteiger partial charge in [-0.05, 0) is 18.2 Å². The summed E-state index contributed by atoms with van der Waals surface area (Å²) in [7, 11) is 0. The van der Waals surface area contributed by atoms with Crippen LogP contribution in [0, 0.1) is 5.82 Å². The average molecular weight is 303 g/mol. The molecule has 0 spiro atoms. The first-order chi connectivity index (χ1) is 8.02. The van der Waals surface area contributed by atoms with Gasteiger partial charge in [-0.3, -0.25) is 9.59 Å². The highest BCUT2D eigenvalue weighted by atomic mass is 79.9. The Bertz CT molecular complexity index is 437. The van der Waals surface area contributed by atoms with Crippen LogP contribution in [0.4, 0.5) is 15.8 Å². The van der Waals surface area contributed by atoms with Crippen LogP contribution in [0.2, 0.25) is 0 Å². The van der Waals surface area contributed by atoms with Crippen molar-refractivity contribution in [2.45, 2.75) is 13.3 Å². The third kappa shape index (κ3) is 4.52. The van der Waals surface area contributed by atoms with E-state index in [9.17, 15) is 14.0 Å². The lowest BCUT2D eigenvalue weighted by Gasteiger charge is -2.08. The number of hydrogen-bond acceptors (Lipinski definition) is 2. The van der Waals surface area contributed by atoms with Gasteiger partial charge in [0.15, 0.2) is 0 Å². The number of rotatable bonds is 4. The zero-order valence-electron chi connectivity index (χ0n) is 9.22. The van der Waals surface area contributed by atoms with Crippen LogP contribution in [0.5, 0.6) is 0 Å². The third-order valence-electron chi connectivity index (χ3n) is 1.88. The molecule has 0 saturated carbocycles. The van der Waals surface area contributed by atoms with Crippen molar-refractivity contribution in [2.75, 3.05) is 16.0 Å². The van der Waals surface area contributed by atoms with Gasteiger partial charge in [0.05, 0.1) is 5.69 Å². The Balaban J connectivity index is 2.83. The Labute approximate surface area is 107 Å². The topological polar surface area (TPSA) is 58.2 Å². The van der Waals surface area contributed by atoms with Crippen molar-refractivity contribution in [1.29, 1.82) is 0 Å². The zero-order valence-corrected chi connectivity index (χ0v) is 10.8. The van der Waals surface area contributed by atoms with Crippen molar-refractivity contribution in [1.82, 2.24) is 0 Å². The first-order valence-electron chi connectivity index (χ1n) is 4.96. The monoisotopic (exact) mass is 302 g/mol. The van der Waals surface area contributed by atoms with E-state index in [1.807, 2.05) is 0 Å². The molecule has 0 aliphatic rings. The molecule has 1 aromatic carbocycles. The molecule has 17 heavy (non-hydrogen) atoms. The van der Waals surface area contributed by atoms with Crippen LogP contribution >= 0.6 is 15.9 Å². The summed E-state index contributed by atoms with van der Waals surface area (Å²) in [5.74, 6) is -1.09. The van der Waals surface area contributed by atoms with Gasteiger partial charge in [-0.1, -0.05) is 15.9 Å². The molecule has 0 atom stereocenters. The van der Waals surface area contributed by atoms with Gasteiger partial charge in [0.1, 0.15) is 5.82 Å². The molecular weight excluding hydrogens is 291 g/mol. The lowest BCUT2D eigenvalue weighted by Crippen LogP contribution is -2.13. The molecule has 2 N–H and O–H groups in total. The predicted octanol–water partition coefficient (Wildman–Crippen LogP) is 2.51. The summed E-state index contributed by atoms with van der Waals surface area (Å²) in [5, 5.41) is 5.45. The van der Waals surface area contributed by atoms with E-state index < -0.39 is 5.82 Å². The van der Waals surface area contributed by atoms with Crippen molar-refractivity contribution in [3.05, 3.63) is 24.0 Å². The van der Waals surface area contributed by atoms with E-state index in [1.54, 1.807) is 0 Å². The Morgan fingerprint density at radius 3 is 2.65 bits per heavy atom. The molecule has 6 heteroatoms. The molecule has 0 saturated heterocycles. The van der Waals surface area contributed by atoms with E-state index in [-0.39, 0.29) is 23.9 Å². The summed E-state index contributed by atoms with van der Waals surface area (Å²) in [5.41, 5.74) is 0.496. The summed E-state index contributed by atoms with van der Waals surface area (Å²) in [4.78, 5) is 22.1. The van der Waals surface area contributed by atoms with Crippen LogP contribution in [0.3, 0.4) is 0 Å². The minimum atomic E-state index is -0.540. The molecule has 0 heterocycles. The molecule has 1 aromatic rings. The lowest BCUT2D eigenvalue weighted by atomic mass is 10.2. The van der Waals surface area contributed by atoms with Gasteiger partial charge in [0.2, 0.25) is 11.8 Å². The minimum Gasteiger partial charge on any atom is -0.326 e. The van der Waals surface area contributed by atoms with Crippen molar-refractivity contribution < 1.29 is 14.0 Å². The van der Waals surface area contributed by atoms with Crippen molar-refractivity contribution >= 4 is 39.1 Å². The number of hydrogen-bond donors (Lipinski definition) is 2. The van der Waals surface area contributed by atoms with Crippen LogP contribution in [0.1, 0.15) is 13.3 Å². The summed E-state index contributed by atoms with van der Waals surface area (Å²) in [6.07, 6.45) is 0.254. The fourth-order valence-electron chi connectivity index (χ4n) is 1.20. The van der Waals surface area contributed by atoms with Crippen LogP contribution in [0.25, 0.3) is 0 Å². The van der Waals surface area contributed by atoms with Gasteiger partial charge >= 0.3 is 0 Å². The van der Waals surface area contributed by atoms with E-state index in [0.29, 0.717) is 11.0 Å². The first-order valence-corrected chi connectivity index (χ1v) is 6.08. The van der Waals surface area contributed by atoms with Gasteiger partial charge in [-0.2, -0.15) is 0 Å². The molecule has 0 radical (unpaired) electrons. The van der Waals surface area contributed by atoms with Gasteiger partial charge in [0, 0.05) is 24.4 Å². The Kier molecular flexibility index (Phi) is 5.09. The molecule has 0 aliphatic carbocycles. The number of alkyl halides is 1. The second-order valence-electron chi connectivity index (χ2n) is 3.36. The summed E-state index contributed by atoms with van der Waals surface area (Å²) >= 11 is 3.12. The van der Waals surface area contributed by atoms with E-state index in [2.05, 4.69) is 26.6 Å². The van der Waals surface area contributed by atoms with Gasteiger partial charge in [-0.25, -0.2) is 4.39 Å². The lowest BCUT2D eigenvalue weighted by molar-refractivity contribution is -0.116. The van der Waals surface area contributed by atoms with Gasteiger partial charge in [-0.15, -0.1) is 0 Å². The van der Waals surface area contributed by atoms with E-state index >= 15 is 0 Å². The highest BCUT2D eigenvalue weighted by Gasteiger charge is 2.08. The Morgan fingerprint density at radius 1 is 1.35 bits per heavy atom. The SMILES string of the molecule is CC(=O)Nc1ccc(F)c(NC(=O)CCBr)c1. The number of carbonyl (C=O) groups excluding carboxylic acids is 2. The zero-order chi connectivity index (χ0) is 12.8. The van der Waals surface area contributed by atoms with Crippen molar-refractivity contribution in [3.8, 4) is 0 Å². The Hall–Kier alpha value is -1.43. The molecule has 0 aromatic heterocycles. The first kappa shape index (κ1) is 13.6. The minimum absolute atomic E-state index is 0.0576. The molecule has 2 amide bonds. The maximum Gasteiger partial charge on any atom is 0.225 e. The maximum absolute atomic E-state index is 13.4. The van der Waals surface area contributed by atoms with Crippen LogP contribution in [0.15, 0.2) is 18.2 Å². The smallest absolute Gasteiger partial charge is 0.225 e. The molecule has 92 valence electrons. The molecule has 4 nitrogen and oxygen atoms in total. The number of benzene rings is 1. The van der Waals surface area contributed by atoms with Crippen LogP contribution in [-0.2, 0) is 9.59 Å². The normalized spacial score (nSPS) is 9.82. The van der Waals surface area contributed by atoms with E-state index in [4.69, 9.17) is 0 Å². The molecule has 0 aliphatic heterocycles. The van der Waals surface area contributed by atoms with Crippen LogP contribution < -0.4 is 10.6 Å². The molecule has 0 unspecified atom stereocenters. The van der Waals surface area contributed by atoms with Gasteiger partial charge < -0.3 is 10.6 Å². The van der Waals surface area contributed by atoms with Gasteiger partial charge in [0.25, 0.3) is 0 Å². The van der Waals surface area contributed by atoms with Crippen LogP contribution in [-0.4, -0.2) is 17.1 Å². The number of amides is 2. The highest BCUT2D eigenvalue weighted by molar-refractivity contribution is 9.09. The molecular formula is C11H12BrFN2O2. The second-order valence-corrected chi connectivity index (χ2v) is 4.16. The highest BCUT2D eigenvalue weighted by Crippen LogP contribution is 2.19. The fraction of sp³-hybridized carbons (Fsp3) is 0.273. The molecule has 0 bridgehead atoms. The molecule has 0 fully saturated rings. The summed E-state index contributed by atoms with van der Waals surface area (Å²) < 4.78 is 13.4. The fourth-order valence-corrected chi connectivity index (χ4v) is 1.56. The second kappa shape index (κ2) is 6.34. The average Bonchev–Trinajstić information content (AvgIpc) is 2.22.